The van der Waals surface area contributed by atoms with Crippen molar-refractivity contribution < 1.29 is 13.7 Å². The Labute approximate surface area is 117 Å². The molecule has 0 spiro atoms. The van der Waals surface area contributed by atoms with Crippen molar-refractivity contribution in [3.05, 3.63) is 47.1 Å². The van der Waals surface area contributed by atoms with Gasteiger partial charge in [-0.2, -0.15) is 0 Å². The topological polar surface area (TPSA) is 47.3 Å². The molecule has 5 heteroatoms. The lowest BCUT2D eigenvalue weighted by Gasteiger charge is -2.10. The Bertz CT molecular complexity index is 567. The third-order valence-corrected chi connectivity index (χ3v) is 2.70. The van der Waals surface area contributed by atoms with E-state index < -0.39 is 0 Å². The van der Waals surface area contributed by atoms with Crippen LogP contribution in [-0.2, 0) is 13.2 Å². The quantitative estimate of drug-likeness (QED) is 0.881. The Balaban J connectivity index is 2.00. The van der Waals surface area contributed by atoms with Gasteiger partial charge in [0.2, 0.25) is 0 Å². The normalized spacial score (nSPS) is 11.1. The summed E-state index contributed by atoms with van der Waals surface area (Å²) < 4.78 is 24.1. The molecule has 1 N–H and O–H groups in total. The van der Waals surface area contributed by atoms with Gasteiger partial charge in [-0.1, -0.05) is 19.0 Å². The highest BCUT2D eigenvalue weighted by Crippen LogP contribution is 2.18. The van der Waals surface area contributed by atoms with E-state index in [1.54, 1.807) is 6.07 Å². The van der Waals surface area contributed by atoms with Crippen molar-refractivity contribution in [2.45, 2.75) is 40.0 Å². The first-order valence-corrected chi connectivity index (χ1v) is 6.61. The fraction of sp³-hybridized carbons (Fsp3) is 0.400. The summed E-state index contributed by atoms with van der Waals surface area (Å²) in [6, 6.07) is 6.82. The molecular weight excluding hydrogens is 259 g/mol. The lowest BCUT2D eigenvalue weighted by atomic mass is 10.2. The highest BCUT2D eigenvalue weighted by molar-refractivity contribution is 5.29. The molecular formula is C15H19FN2O2. The zero-order valence-corrected chi connectivity index (χ0v) is 11.9. The summed E-state index contributed by atoms with van der Waals surface area (Å²) in [4.78, 5) is 0. The maximum Gasteiger partial charge on any atom is 0.174 e. The number of aromatic nitrogens is 1. The zero-order chi connectivity index (χ0) is 14.5. The average molecular weight is 278 g/mol. The van der Waals surface area contributed by atoms with Crippen molar-refractivity contribution in [2.24, 2.45) is 0 Å². The Kier molecular flexibility index (Phi) is 4.74. The molecule has 0 saturated carbocycles. The first kappa shape index (κ1) is 14.5. The number of benzene rings is 1. The Morgan fingerprint density at radius 2 is 2.10 bits per heavy atom. The van der Waals surface area contributed by atoms with E-state index in [0.717, 1.165) is 11.3 Å². The highest BCUT2D eigenvalue weighted by Gasteiger charge is 2.05. The number of ether oxygens (including phenoxy) is 1. The van der Waals surface area contributed by atoms with Crippen LogP contribution < -0.4 is 10.1 Å². The molecule has 2 aromatic rings. The van der Waals surface area contributed by atoms with Crippen LogP contribution in [0.5, 0.6) is 5.75 Å². The number of hydrogen-bond acceptors (Lipinski definition) is 4. The summed E-state index contributed by atoms with van der Waals surface area (Å²) in [7, 11) is 0. The standard InChI is InChI=1S/C15H19FN2O2/c1-10(2)17-8-12-5-13(16)7-14(6-12)19-9-15-4-11(3)18-20-15/h4-7,10,17H,8-9H2,1-3H3. The van der Waals surface area contributed by atoms with Crippen molar-refractivity contribution >= 4 is 0 Å². The molecule has 0 unspecified atom stereocenters. The van der Waals surface area contributed by atoms with Gasteiger partial charge in [0.25, 0.3) is 0 Å². The van der Waals surface area contributed by atoms with Gasteiger partial charge in [-0.05, 0) is 24.6 Å². The fourth-order valence-electron chi connectivity index (χ4n) is 1.77. The molecule has 1 heterocycles. The minimum Gasteiger partial charge on any atom is -0.485 e. The Morgan fingerprint density at radius 3 is 2.75 bits per heavy atom. The van der Waals surface area contributed by atoms with Gasteiger partial charge in [0.1, 0.15) is 18.2 Å². The Hall–Kier alpha value is -1.88. The van der Waals surface area contributed by atoms with E-state index in [1.807, 2.05) is 26.8 Å². The van der Waals surface area contributed by atoms with Gasteiger partial charge in [0.15, 0.2) is 5.76 Å². The van der Waals surface area contributed by atoms with E-state index in [-0.39, 0.29) is 12.4 Å². The minimum absolute atomic E-state index is 0.237. The maximum absolute atomic E-state index is 13.5. The molecule has 0 aliphatic heterocycles. The van der Waals surface area contributed by atoms with Gasteiger partial charge < -0.3 is 14.6 Å². The largest absolute Gasteiger partial charge is 0.485 e. The van der Waals surface area contributed by atoms with Crippen molar-refractivity contribution in [1.29, 1.82) is 0 Å². The summed E-state index contributed by atoms with van der Waals surface area (Å²) in [5, 5.41) is 7.02. The fourth-order valence-corrected chi connectivity index (χ4v) is 1.77. The highest BCUT2D eigenvalue weighted by atomic mass is 19.1. The molecule has 0 amide bonds. The van der Waals surface area contributed by atoms with Crippen LogP contribution in [0, 0.1) is 12.7 Å². The average Bonchev–Trinajstić information content (AvgIpc) is 2.79. The molecule has 4 nitrogen and oxygen atoms in total. The third kappa shape index (κ3) is 4.35. The molecule has 0 aliphatic carbocycles. The molecule has 0 fully saturated rings. The monoisotopic (exact) mass is 278 g/mol. The van der Waals surface area contributed by atoms with Crippen LogP contribution in [0.3, 0.4) is 0 Å². The molecule has 0 atom stereocenters. The summed E-state index contributed by atoms with van der Waals surface area (Å²) in [6.45, 7) is 6.77. The van der Waals surface area contributed by atoms with E-state index in [0.29, 0.717) is 24.1 Å². The van der Waals surface area contributed by atoms with Crippen LogP contribution in [-0.4, -0.2) is 11.2 Å². The predicted molar refractivity (Wildman–Crippen MR) is 73.9 cm³/mol. The summed E-state index contributed by atoms with van der Waals surface area (Å²) >= 11 is 0. The van der Waals surface area contributed by atoms with Gasteiger partial charge in [-0.15, -0.1) is 0 Å². The van der Waals surface area contributed by atoms with Gasteiger partial charge in [0, 0.05) is 24.7 Å². The van der Waals surface area contributed by atoms with Gasteiger partial charge in [-0.3, -0.25) is 0 Å². The van der Waals surface area contributed by atoms with E-state index in [1.165, 1.54) is 12.1 Å². The van der Waals surface area contributed by atoms with Crippen LogP contribution in [0.4, 0.5) is 4.39 Å². The van der Waals surface area contributed by atoms with E-state index in [9.17, 15) is 4.39 Å². The SMILES string of the molecule is Cc1cc(COc2cc(F)cc(CNC(C)C)c2)on1. The molecule has 0 saturated heterocycles. The lowest BCUT2D eigenvalue weighted by molar-refractivity contribution is 0.247. The summed E-state index contributed by atoms with van der Waals surface area (Å²) in [5.74, 6) is 0.796. The number of rotatable bonds is 6. The van der Waals surface area contributed by atoms with Gasteiger partial charge >= 0.3 is 0 Å². The number of nitrogens with one attached hydrogen (secondary N) is 1. The molecule has 1 aromatic carbocycles. The number of nitrogens with zero attached hydrogens (tertiary/aromatic N) is 1. The maximum atomic E-state index is 13.5. The van der Waals surface area contributed by atoms with E-state index in [2.05, 4.69) is 10.5 Å². The summed E-state index contributed by atoms with van der Waals surface area (Å²) in [6.07, 6.45) is 0. The first-order valence-electron chi connectivity index (χ1n) is 6.61. The second kappa shape index (κ2) is 6.52. The van der Waals surface area contributed by atoms with Crippen molar-refractivity contribution in [3.63, 3.8) is 0 Å². The molecule has 1 aromatic heterocycles. The van der Waals surface area contributed by atoms with Crippen LogP contribution in [0.25, 0.3) is 0 Å². The lowest BCUT2D eigenvalue weighted by Crippen LogP contribution is -2.21. The number of aryl methyl sites for hydroxylation is 1. The molecule has 0 bridgehead atoms. The minimum atomic E-state index is -0.309. The smallest absolute Gasteiger partial charge is 0.174 e. The second-order valence-corrected chi connectivity index (χ2v) is 5.05. The second-order valence-electron chi connectivity index (χ2n) is 5.05. The zero-order valence-electron chi connectivity index (χ0n) is 11.9. The van der Waals surface area contributed by atoms with E-state index >= 15 is 0 Å². The molecule has 108 valence electrons. The van der Waals surface area contributed by atoms with Crippen molar-refractivity contribution in [3.8, 4) is 5.75 Å². The number of halogens is 1. The first-order chi connectivity index (χ1) is 9.52. The number of hydrogen-bond donors (Lipinski definition) is 1. The van der Waals surface area contributed by atoms with E-state index in [4.69, 9.17) is 9.26 Å². The van der Waals surface area contributed by atoms with Crippen LogP contribution in [0.1, 0.15) is 30.9 Å². The predicted octanol–water partition coefficient (Wildman–Crippen LogP) is 3.20. The van der Waals surface area contributed by atoms with Crippen molar-refractivity contribution in [1.82, 2.24) is 10.5 Å². The van der Waals surface area contributed by atoms with Crippen molar-refractivity contribution in [2.75, 3.05) is 0 Å². The molecule has 20 heavy (non-hydrogen) atoms. The molecule has 0 aliphatic rings. The van der Waals surface area contributed by atoms with Crippen LogP contribution >= 0.6 is 0 Å². The van der Waals surface area contributed by atoms with Crippen LogP contribution in [0.2, 0.25) is 0 Å². The molecule has 0 radical (unpaired) electrons. The van der Waals surface area contributed by atoms with Crippen LogP contribution in [0.15, 0.2) is 28.8 Å². The van der Waals surface area contributed by atoms with Gasteiger partial charge in [-0.25, -0.2) is 4.39 Å². The third-order valence-electron chi connectivity index (χ3n) is 2.70. The Morgan fingerprint density at radius 1 is 1.30 bits per heavy atom. The summed E-state index contributed by atoms with van der Waals surface area (Å²) in [5.41, 5.74) is 1.65. The van der Waals surface area contributed by atoms with Gasteiger partial charge in [0.05, 0.1) is 5.69 Å². The molecule has 2 rings (SSSR count).